The maximum absolute atomic E-state index is 14.0. The van der Waals surface area contributed by atoms with E-state index >= 15 is 0 Å². The van der Waals surface area contributed by atoms with Crippen LogP contribution in [0, 0.1) is 18.6 Å². The van der Waals surface area contributed by atoms with E-state index in [1.165, 1.54) is 6.07 Å². The fourth-order valence-corrected chi connectivity index (χ4v) is 2.99. The lowest BCUT2D eigenvalue weighted by atomic mass is 9.90. The molecule has 2 aromatic carbocycles. The Morgan fingerprint density at radius 1 is 1.14 bits per heavy atom. The van der Waals surface area contributed by atoms with Gasteiger partial charge in [-0.1, -0.05) is 18.2 Å². The molecule has 22 heavy (non-hydrogen) atoms. The molecule has 0 amide bonds. The number of fused-ring (bicyclic) bond motifs is 1. The zero-order chi connectivity index (χ0) is 15.7. The van der Waals surface area contributed by atoms with Crippen molar-refractivity contribution < 1.29 is 8.78 Å². The van der Waals surface area contributed by atoms with Crippen LogP contribution in [0.4, 0.5) is 8.78 Å². The molecule has 0 fully saturated rings. The Bertz CT molecular complexity index is 808. The molecule has 3 rings (SSSR count). The van der Waals surface area contributed by atoms with Crippen LogP contribution in [0.25, 0.3) is 10.9 Å². The van der Waals surface area contributed by atoms with Crippen molar-refractivity contribution in [1.82, 2.24) is 4.98 Å². The van der Waals surface area contributed by atoms with Crippen LogP contribution >= 0.6 is 0 Å². The van der Waals surface area contributed by atoms with Gasteiger partial charge < -0.3 is 10.7 Å². The molecule has 3 N–H and O–H groups in total. The van der Waals surface area contributed by atoms with Crippen molar-refractivity contribution in [2.45, 2.75) is 19.3 Å². The van der Waals surface area contributed by atoms with Crippen LogP contribution < -0.4 is 5.73 Å². The third-order valence-corrected chi connectivity index (χ3v) is 4.16. The molecule has 3 aromatic rings. The lowest BCUT2D eigenvalue weighted by Gasteiger charge is -2.16. The average molecular weight is 300 g/mol. The van der Waals surface area contributed by atoms with Gasteiger partial charge in [0.15, 0.2) is 0 Å². The van der Waals surface area contributed by atoms with Gasteiger partial charge in [-0.3, -0.25) is 0 Å². The summed E-state index contributed by atoms with van der Waals surface area (Å²) in [6, 6.07) is 11.5. The Hall–Kier alpha value is -2.20. The lowest BCUT2D eigenvalue weighted by Crippen LogP contribution is -2.17. The standard InChI is InChI=1S/C18H18F2N2/c1-11-15(14-4-2-3-5-18(14)22-11)8-12(10-21)16-9-13(19)6-7-17(16)20/h2-7,9,12,22H,8,10,21H2,1H3. The van der Waals surface area contributed by atoms with Crippen LogP contribution in [-0.2, 0) is 6.42 Å². The number of halogens is 2. The average Bonchev–Trinajstić information content (AvgIpc) is 2.83. The molecule has 0 saturated carbocycles. The topological polar surface area (TPSA) is 41.8 Å². The maximum Gasteiger partial charge on any atom is 0.126 e. The third-order valence-electron chi connectivity index (χ3n) is 4.16. The van der Waals surface area contributed by atoms with Crippen LogP contribution in [0.15, 0.2) is 42.5 Å². The first-order chi connectivity index (χ1) is 10.6. The van der Waals surface area contributed by atoms with Gasteiger partial charge in [0.1, 0.15) is 11.6 Å². The minimum absolute atomic E-state index is 0.256. The van der Waals surface area contributed by atoms with Gasteiger partial charge in [0, 0.05) is 22.5 Å². The third kappa shape index (κ3) is 2.62. The van der Waals surface area contributed by atoms with Gasteiger partial charge in [0.2, 0.25) is 0 Å². The predicted octanol–water partition coefficient (Wildman–Crippen LogP) is 4.04. The summed E-state index contributed by atoms with van der Waals surface area (Å²) in [4.78, 5) is 3.33. The fraction of sp³-hybridized carbons (Fsp3) is 0.222. The molecule has 1 atom stereocenters. The molecule has 0 spiro atoms. The largest absolute Gasteiger partial charge is 0.358 e. The molecule has 0 aliphatic heterocycles. The number of benzene rings is 2. The molecule has 1 unspecified atom stereocenters. The SMILES string of the molecule is Cc1[nH]c2ccccc2c1CC(CN)c1cc(F)ccc1F. The van der Waals surface area contributed by atoms with E-state index in [2.05, 4.69) is 4.98 Å². The molecule has 0 aliphatic rings. The number of rotatable bonds is 4. The summed E-state index contributed by atoms with van der Waals surface area (Å²) < 4.78 is 27.5. The minimum Gasteiger partial charge on any atom is -0.358 e. The smallest absolute Gasteiger partial charge is 0.126 e. The highest BCUT2D eigenvalue weighted by Crippen LogP contribution is 2.29. The van der Waals surface area contributed by atoms with Gasteiger partial charge in [0.25, 0.3) is 0 Å². The molecule has 0 aliphatic carbocycles. The van der Waals surface area contributed by atoms with Crippen molar-refractivity contribution in [1.29, 1.82) is 0 Å². The molecule has 2 nitrogen and oxygen atoms in total. The first-order valence-electron chi connectivity index (χ1n) is 7.31. The summed E-state index contributed by atoms with van der Waals surface area (Å²) in [5.41, 5.74) is 9.37. The first kappa shape index (κ1) is 14.7. The fourth-order valence-electron chi connectivity index (χ4n) is 2.99. The number of nitrogens with one attached hydrogen (secondary N) is 1. The van der Waals surface area contributed by atoms with Gasteiger partial charge in [-0.15, -0.1) is 0 Å². The number of hydrogen-bond acceptors (Lipinski definition) is 1. The molecule has 0 radical (unpaired) electrons. The van der Waals surface area contributed by atoms with Crippen molar-refractivity contribution in [2.75, 3.05) is 6.54 Å². The molecule has 114 valence electrons. The second-order valence-electron chi connectivity index (χ2n) is 5.58. The van der Waals surface area contributed by atoms with E-state index in [4.69, 9.17) is 5.73 Å². The molecular weight excluding hydrogens is 282 g/mol. The summed E-state index contributed by atoms with van der Waals surface area (Å²) in [6.45, 7) is 2.25. The van der Waals surface area contributed by atoms with Crippen molar-refractivity contribution in [3.63, 3.8) is 0 Å². The molecule has 4 heteroatoms. The Labute approximate surface area is 128 Å². The minimum atomic E-state index is -0.439. The number of H-pyrrole nitrogens is 1. The Morgan fingerprint density at radius 2 is 1.91 bits per heavy atom. The van der Waals surface area contributed by atoms with E-state index in [9.17, 15) is 8.78 Å². The van der Waals surface area contributed by atoms with Crippen LogP contribution in [-0.4, -0.2) is 11.5 Å². The molecular formula is C18H18F2N2. The molecule has 1 heterocycles. The molecule has 0 bridgehead atoms. The number of aromatic amines is 1. The van der Waals surface area contributed by atoms with Crippen molar-refractivity contribution in [2.24, 2.45) is 5.73 Å². The van der Waals surface area contributed by atoms with Gasteiger partial charge in [0.05, 0.1) is 0 Å². The van der Waals surface area contributed by atoms with E-state index in [1.807, 2.05) is 31.2 Å². The Balaban J connectivity index is 2.01. The lowest BCUT2D eigenvalue weighted by molar-refractivity contribution is 0.558. The highest BCUT2D eigenvalue weighted by atomic mass is 19.1. The van der Waals surface area contributed by atoms with E-state index < -0.39 is 11.6 Å². The maximum atomic E-state index is 14.0. The summed E-state index contributed by atoms with van der Waals surface area (Å²) in [7, 11) is 0. The number of nitrogens with two attached hydrogens (primary N) is 1. The summed E-state index contributed by atoms with van der Waals surface area (Å²) in [5.74, 6) is -1.10. The normalized spacial score (nSPS) is 12.7. The van der Waals surface area contributed by atoms with Crippen molar-refractivity contribution >= 4 is 10.9 Å². The predicted molar refractivity (Wildman–Crippen MR) is 84.9 cm³/mol. The monoisotopic (exact) mass is 300 g/mol. The van der Waals surface area contributed by atoms with Gasteiger partial charge >= 0.3 is 0 Å². The summed E-state index contributed by atoms with van der Waals surface area (Å²) in [6.07, 6.45) is 0.576. The van der Waals surface area contributed by atoms with Crippen LogP contribution in [0.3, 0.4) is 0 Å². The highest BCUT2D eigenvalue weighted by molar-refractivity contribution is 5.84. The Morgan fingerprint density at radius 3 is 2.68 bits per heavy atom. The summed E-state index contributed by atoms with van der Waals surface area (Å²) >= 11 is 0. The van der Waals surface area contributed by atoms with Crippen LogP contribution in [0.5, 0.6) is 0 Å². The zero-order valence-electron chi connectivity index (χ0n) is 12.4. The second kappa shape index (κ2) is 5.89. The molecule has 1 aromatic heterocycles. The Kier molecular flexibility index (Phi) is 3.94. The van der Waals surface area contributed by atoms with Crippen molar-refractivity contribution in [3.8, 4) is 0 Å². The second-order valence-corrected chi connectivity index (χ2v) is 5.58. The van der Waals surface area contributed by atoms with Gasteiger partial charge in [-0.05, 0) is 55.3 Å². The van der Waals surface area contributed by atoms with Gasteiger partial charge in [-0.2, -0.15) is 0 Å². The van der Waals surface area contributed by atoms with E-state index in [-0.39, 0.29) is 12.5 Å². The quantitative estimate of drug-likeness (QED) is 0.750. The van der Waals surface area contributed by atoms with E-state index in [0.717, 1.165) is 34.3 Å². The highest BCUT2D eigenvalue weighted by Gasteiger charge is 2.19. The van der Waals surface area contributed by atoms with E-state index in [0.29, 0.717) is 12.0 Å². The summed E-state index contributed by atoms with van der Waals surface area (Å²) in [5, 5.41) is 1.11. The van der Waals surface area contributed by atoms with Crippen LogP contribution in [0.2, 0.25) is 0 Å². The number of para-hydroxylation sites is 1. The number of aromatic nitrogens is 1. The zero-order valence-corrected chi connectivity index (χ0v) is 12.4. The van der Waals surface area contributed by atoms with E-state index in [1.54, 1.807) is 0 Å². The van der Waals surface area contributed by atoms with Crippen LogP contribution in [0.1, 0.15) is 22.7 Å². The molecule has 0 saturated heterocycles. The van der Waals surface area contributed by atoms with Gasteiger partial charge in [-0.25, -0.2) is 8.78 Å². The number of hydrogen-bond donors (Lipinski definition) is 2. The first-order valence-corrected chi connectivity index (χ1v) is 7.31. The van der Waals surface area contributed by atoms with Crippen molar-refractivity contribution in [3.05, 3.63) is 70.9 Å². The number of aryl methyl sites for hydroxylation is 1.